The summed E-state index contributed by atoms with van der Waals surface area (Å²) in [5.41, 5.74) is -0.160. The molecule has 1 atom stereocenters. The first-order valence-electron chi connectivity index (χ1n) is 5.36. The van der Waals surface area contributed by atoms with E-state index < -0.39 is 0 Å². The fourth-order valence-electron chi connectivity index (χ4n) is 2.33. The van der Waals surface area contributed by atoms with Crippen molar-refractivity contribution in [3.63, 3.8) is 0 Å². The summed E-state index contributed by atoms with van der Waals surface area (Å²) in [5.74, 6) is 0. The summed E-state index contributed by atoms with van der Waals surface area (Å²) < 4.78 is 5.47. The molecule has 1 amide bonds. The second kappa shape index (κ2) is 3.77. The van der Waals surface area contributed by atoms with Gasteiger partial charge in [0.2, 0.25) is 0 Å². The molecule has 2 rings (SSSR count). The number of amides is 1. The van der Waals surface area contributed by atoms with E-state index in [1.54, 1.807) is 0 Å². The zero-order chi connectivity index (χ0) is 10.0. The highest BCUT2D eigenvalue weighted by Crippen LogP contribution is 2.31. The molecule has 1 unspecified atom stereocenters. The van der Waals surface area contributed by atoms with Gasteiger partial charge in [0.05, 0.1) is 0 Å². The molecule has 4 heteroatoms. The van der Waals surface area contributed by atoms with Crippen LogP contribution < -0.4 is 5.32 Å². The fraction of sp³-hybridized carbons (Fsp3) is 0.900. The van der Waals surface area contributed by atoms with Crippen LogP contribution in [0.5, 0.6) is 0 Å². The van der Waals surface area contributed by atoms with Crippen LogP contribution >= 0.6 is 0 Å². The van der Waals surface area contributed by atoms with Gasteiger partial charge < -0.3 is 15.0 Å². The third-order valence-corrected chi connectivity index (χ3v) is 3.28. The van der Waals surface area contributed by atoms with Crippen molar-refractivity contribution in [2.75, 3.05) is 26.7 Å². The van der Waals surface area contributed by atoms with Crippen LogP contribution in [0.1, 0.15) is 25.7 Å². The van der Waals surface area contributed by atoms with Crippen molar-refractivity contribution >= 4 is 6.09 Å². The Bertz CT molecular complexity index is 232. The molecule has 0 aliphatic carbocycles. The standard InChI is InChI=1S/C10H18N2O2/c1-12-7-2-3-10(5-8-12)4-6-11-9(13)14-10/h2-8H2,1H3,(H,11,13). The molecule has 2 saturated heterocycles. The summed E-state index contributed by atoms with van der Waals surface area (Å²) in [6.45, 7) is 2.92. The van der Waals surface area contributed by atoms with Crippen molar-refractivity contribution in [2.24, 2.45) is 0 Å². The van der Waals surface area contributed by atoms with Gasteiger partial charge in [-0.3, -0.25) is 0 Å². The summed E-state index contributed by atoms with van der Waals surface area (Å²) >= 11 is 0. The molecule has 4 nitrogen and oxygen atoms in total. The summed E-state index contributed by atoms with van der Waals surface area (Å²) in [6, 6.07) is 0. The number of carbonyl (C=O) groups is 1. The highest BCUT2D eigenvalue weighted by atomic mass is 16.6. The zero-order valence-corrected chi connectivity index (χ0v) is 8.71. The molecule has 0 radical (unpaired) electrons. The number of hydrogen-bond acceptors (Lipinski definition) is 3. The van der Waals surface area contributed by atoms with E-state index in [0.717, 1.165) is 45.3 Å². The molecule has 0 saturated carbocycles. The van der Waals surface area contributed by atoms with Crippen molar-refractivity contribution in [1.82, 2.24) is 10.2 Å². The Balaban J connectivity index is 2.02. The largest absolute Gasteiger partial charge is 0.443 e. The minimum Gasteiger partial charge on any atom is -0.443 e. The number of hydrogen-bond donors (Lipinski definition) is 1. The molecule has 0 aromatic heterocycles. The predicted octanol–water partition coefficient (Wildman–Crippen LogP) is 0.971. The number of nitrogens with one attached hydrogen (secondary N) is 1. The Morgan fingerprint density at radius 3 is 3.00 bits per heavy atom. The van der Waals surface area contributed by atoms with E-state index in [0.29, 0.717) is 0 Å². The smallest absolute Gasteiger partial charge is 0.407 e. The van der Waals surface area contributed by atoms with Crippen molar-refractivity contribution < 1.29 is 9.53 Å². The predicted molar refractivity (Wildman–Crippen MR) is 53.2 cm³/mol. The van der Waals surface area contributed by atoms with Gasteiger partial charge in [0.25, 0.3) is 0 Å². The maximum Gasteiger partial charge on any atom is 0.407 e. The second-order valence-electron chi connectivity index (χ2n) is 4.41. The van der Waals surface area contributed by atoms with Gasteiger partial charge in [-0.15, -0.1) is 0 Å². The topological polar surface area (TPSA) is 41.6 Å². The number of ether oxygens (including phenoxy) is 1. The summed E-state index contributed by atoms with van der Waals surface area (Å²) in [4.78, 5) is 13.5. The molecule has 80 valence electrons. The highest BCUT2D eigenvalue weighted by Gasteiger charge is 2.38. The van der Waals surface area contributed by atoms with Crippen LogP contribution in [-0.4, -0.2) is 43.3 Å². The van der Waals surface area contributed by atoms with Gasteiger partial charge in [0, 0.05) is 25.9 Å². The van der Waals surface area contributed by atoms with E-state index in [4.69, 9.17) is 4.74 Å². The monoisotopic (exact) mass is 198 g/mol. The highest BCUT2D eigenvalue weighted by molar-refractivity contribution is 5.68. The van der Waals surface area contributed by atoms with Crippen LogP contribution in [-0.2, 0) is 4.74 Å². The Morgan fingerprint density at radius 1 is 1.36 bits per heavy atom. The lowest BCUT2D eigenvalue weighted by Gasteiger charge is -2.36. The Kier molecular flexibility index (Phi) is 2.63. The van der Waals surface area contributed by atoms with Crippen LogP contribution in [0.4, 0.5) is 4.79 Å². The summed E-state index contributed by atoms with van der Waals surface area (Å²) in [7, 11) is 2.13. The van der Waals surface area contributed by atoms with Gasteiger partial charge in [-0.05, 0) is 26.4 Å². The first-order chi connectivity index (χ1) is 6.70. The SMILES string of the molecule is CN1CCCC2(CCNC(=O)O2)CC1. The maximum absolute atomic E-state index is 11.2. The molecule has 0 bridgehead atoms. The van der Waals surface area contributed by atoms with Crippen molar-refractivity contribution in [1.29, 1.82) is 0 Å². The lowest BCUT2D eigenvalue weighted by molar-refractivity contribution is -0.0226. The van der Waals surface area contributed by atoms with E-state index in [-0.39, 0.29) is 11.7 Å². The van der Waals surface area contributed by atoms with E-state index in [2.05, 4.69) is 17.3 Å². The van der Waals surface area contributed by atoms with Crippen LogP contribution in [0.3, 0.4) is 0 Å². The van der Waals surface area contributed by atoms with Gasteiger partial charge in [0.1, 0.15) is 5.60 Å². The molecule has 2 fully saturated rings. The summed E-state index contributed by atoms with van der Waals surface area (Å²) in [6.07, 6.45) is 3.86. The molecule has 2 aliphatic heterocycles. The third-order valence-electron chi connectivity index (χ3n) is 3.28. The van der Waals surface area contributed by atoms with Crippen molar-refractivity contribution in [3.05, 3.63) is 0 Å². The molecule has 2 heterocycles. The first-order valence-corrected chi connectivity index (χ1v) is 5.36. The number of carbonyl (C=O) groups excluding carboxylic acids is 1. The van der Waals surface area contributed by atoms with Crippen LogP contribution in [0, 0.1) is 0 Å². The van der Waals surface area contributed by atoms with Crippen LogP contribution in [0.25, 0.3) is 0 Å². The van der Waals surface area contributed by atoms with Crippen LogP contribution in [0.2, 0.25) is 0 Å². The molecular weight excluding hydrogens is 180 g/mol. The molecule has 2 aliphatic rings. The lowest BCUT2D eigenvalue weighted by Crippen LogP contribution is -2.47. The molecule has 1 spiro atoms. The van der Waals surface area contributed by atoms with Gasteiger partial charge in [-0.1, -0.05) is 0 Å². The average molecular weight is 198 g/mol. The van der Waals surface area contributed by atoms with Crippen molar-refractivity contribution in [3.8, 4) is 0 Å². The number of alkyl carbamates (subject to hydrolysis) is 1. The van der Waals surface area contributed by atoms with Crippen molar-refractivity contribution in [2.45, 2.75) is 31.3 Å². The molecular formula is C10H18N2O2. The molecule has 1 N–H and O–H groups in total. The minimum absolute atomic E-state index is 0.160. The second-order valence-corrected chi connectivity index (χ2v) is 4.41. The number of rotatable bonds is 0. The molecule has 14 heavy (non-hydrogen) atoms. The molecule has 0 aromatic rings. The Hall–Kier alpha value is -0.770. The number of likely N-dealkylation sites (tertiary alicyclic amines) is 1. The fourth-order valence-corrected chi connectivity index (χ4v) is 2.33. The van der Waals surface area contributed by atoms with E-state index >= 15 is 0 Å². The van der Waals surface area contributed by atoms with Gasteiger partial charge in [0.15, 0.2) is 0 Å². The van der Waals surface area contributed by atoms with Crippen LogP contribution in [0.15, 0.2) is 0 Å². The van der Waals surface area contributed by atoms with Gasteiger partial charge >= 0.3 is 6.09 Å². The zero-order valence-electron chi connectivity index (χ0n) is 8.71. The third kappa shape index (κ3) is 2.00. The van der Waals surface area contributed by atoms with Gasteiger partial charge in [-0.25, -0.2) is 4.79 Å². The van der Waals surface area contributed by atoms with Gasteiger partial charge in [-0.2, -0.15) is 0 Å². The molecule has 0 aromatic carbocycles. The average Bonchev–Trinajstić information content (AvgIpc) is 2.30. The Morgan fingerprint density at radius 2 is 2.21 bits per heavy atom. The first kappa shape index (κ1) is 9.77. The quantitative estimate of drug-likeness (QED) is 0.630. The lowest BCUT2D eigenvalue weighted by atomic mass is 9.90. The Labute approximate surface area is 84.6 Å². The normalized spacial score (nSPS) is 34.8. The summed E-state index contributed by atoms with van der Waals surface area (Å²) in [5, 5.41) is 2.71. The van der Waals surface area contributed by atoms with E-state index in [9.17, 15) is 4.79 Å². The maximum atomic E-state index is 11.2. The number of nitrogens with zero attached hydrogens (tertiary/aromatic N) is 1. The van der Waals surface area contributed by atoms with E-state index in [1.165, 1.54) is 0 Å². The van der Waals surface area contributed by atoms with E-state index in [1.807, 2.05) is 0 Å². The minimum atomic E-state index is -0.235.